The summed E-state index contributed by atoms with van der Waals surface area (Å²) in [6.07, 6.45) is 4.29. The number of rotatable bonds is 2. The quantitative estimate of drug-likeness (QED) is 0.674. The van der Waals surface area contributed by atoms with Crippen LogP contribution in [-0.2, 0) is 0 Å². The van der Waals surface area contributed by atoms with E-state index in [9.17, 15) is 5.21 Å². The van der Waals surface area contributed by atoms with Crippen molar-refractivity contribution in [2.24, 2.45) is 11.1 Å². The first-order valence-electron chi connectivity index (χ1n) is 6.65. The Kier molecular flexibility index (Phi) is 4.55. The van der Waals surface area contributed by atoms with Crippen LogP contribution < -0.4 is 4.74 Å². The molecule has 1 aromatic rings. The number of piperidine rings is 3. The van der Waals surface area contributed by atoms with Crippen LogP contribution in [0, 0.1) is 5.92 Å². The Hall–Kier alpha value is -1.68. The van der Waals surface area contributed by atoms with Crippen molar-refractivity contribution in [2.45, 2.75) is 12.8 Å². The van der Waals surface area contributed by atoms with Crippen LogP contribution in [0.4, 0.5) is 0 Å². The minimum Gasteiger partial charge on any atom is -0.497 e. The highest BCUT2D eigenvalue weighted by Crippen LogP contribution is 2.33. The van der Waals surface area contributed by atoms with Crippen molar-refractivity contribution < 1.29 is 9.94 Å². The molecule has 1 N–H and O–H groups in total. The van der Waals surface area contributed by atoms with Crippen molar-refractivity contribution in [3.63, 3.8) is 0 Å². The second kappa shape index (κ2) is 6.18. The van der Waals surface area contributed by atoms with Gasteiger partial charge in [-0.25, -0.2) is 0 Å². The SMILES string of the molecule is COc1ccc(/C=C2\C(=N\O)C3CCN2CC3)cc1.Cl. The fraction of sp³-hybridized carbons (Fsp3) is 0.400. The third-order valence-corrected chi connectivity index (χ3v) is 4.01. The van der Waals surface area contributed by atoms with E-state index < -0.39 is 0 Å². The summed E-state index contributed by atoms with van der Waals surface area (Å²) in [7, 11) is 1.66. The summed E-state index contributed by atoms with van der Waals surface area (Å²) < 4.78 is 5.16. The smallest absolute Gasteiger partial charge is 0.118 e. The molecule has 0 amide bonds. The van der Waals surface area contributed by atoms with Gasteiger partial charge in [0.05, 0.1) is 12.8 Å². The Morgan fingerprint density at radius 2 is 1.90 bits per heavy atom. The Bertz CT molecular complexity index is 517. The molecular formula is C15H19ClN2O2. The number of fused-ring (bicyclic) bond motifs is 3. The molecule has 5 heteroatoms. The monoisotopic (exact) mass is 294 g/mol. The molecule has 2 bridgehead atoms. The number of benzene rings is 1. The molecule has 3 aliphatic heterocycles. The highest BCUT2D eigenvalue weighted by molar-refractivity contribution is 6.05. The van der Waals surface area contributed by atoms with Crippen molar-refractivity contribution in [2.75, 3.05) is 20.2 Å². The molecule has 0 aliphatic carbocycles. The van der Waals surface area contributed by atoms with E-state index in [1.54, 1.807) is 7.11 Å². The molecule has 3 heterocycles. The van der Waals surface area contributed by atoms with Gasteiger partial charge in [-0.05, 0) is 36.6 Å². The Morgan fingerprint density at radius 3 is 2.45 bits per heavy atom. The van der Waals surface area contributed by atoms with Gasteiger partial charge in [-0.15, -0.1) is 12.4 Å². The molecular weight excluding hydrogens is 276 g/mol. The van der Waals surface area contributed by atoms with Crippen LogP contribution in [0.1, 0.15) is 18.4 Å². The lowest BCUT2D eigenvalue weighted by molar-refractivity contribution is 0.229. The lowest BCUT2D eigenvalue weighted by atomic mass is 9.83. The van der Waals surface area contributed by atoms with E-state index in [1.165, 1.54) is 0 Å². The molecule has 0 radical (unpaired) electrons. The summed E-state index contributed by atoms with van der Waals surface area (Å²) in [5.74, 6) is 1.27. The van der Waals surface area contributed by atoms with Crippen molar-refractivity contribution in [1.29, 1.82) is 0 Å². The van der Waals surface area contributed by atoms with E-state index in [0.717, 1.165) is 48.7 Å². The number of allylic oxidation sites excluding steroid dienone is 1. The van der Waals surface area contributed by atoms with Crippen molar-refractivity contribution in [3.05, 3.63) is 35.5 Å². The van der Waals surface area contributed by atoms with Gasteiger partial charge in [0.25, 0.3) is 0 Å². The largest absolute Gasteiger partial charge is 0.497 e. The predicted octanol–water partition coefficient (Wildman–Crippen LogP) is 3.01. The zero-order valence-electron chi connectivity index (χ0n) is 11.5. The van der Waals surface area contributed by atoms with Crippen LogP contribution in [-0.4, -0.2) is 36.0 Å². The van der Waals surface area contributed by atoms with E-state index in [1.807, 2.05) is 24.3 Å². The number of methoxy groups -OCH3 is 1. The summed E-state index contributed by atoms with van der Waals surface area (Å²) in [6.45, 7) is 2.12. The number of oxime groups is 1. The van der Waals surface area contributed by atoms with Gasteiger partial charge in [-0.3, -0.25) is 0 Å². The maximum atomic E-state index is 9.24. The Balaban J connectivity index is 0.00000147. The van der Waals surface area contributed by atoms with E-state index in [4.69, 9.17) is 4.74 Å². The molecule has 4 nitrogen and oxygen atoms in total. The fourth-order valence-electron chi connectivity index (χ4n) is 2.92. The summed E-state index contributed by atoms with van der Waals surface area (Å²) in [6, 6.07) is 7.92. The van der Waals surface area contributed by atoms with Crippen LogP contribution in [0.2, 0.25) is 0 Å². The number of hydrogen-bond acceptors (Lipinski definition) is 4. The highest BCUT2D eigenvalue weighted by atomic mass is 35.5. The molecule has 1 aromatic carbocycles. The highest BCUT2D eigenvalue weighted by Gasteiger charge is 2.35. The number of halogens is 1. The standard InChI is InChI=1S/C15H18N2O2.ClH/c1-19-13-4-2-11(3-5-13)10-14-15(16-18)12-6-8-17(14)9-7-12;/h2-5,10,12,18H,6-9H2,1H3;1H/b14-10+,16-15+;. The van der Waals surface area contributed by atoms with E-state index >= 15 is 0 Å². The zero-order valence-corrected chi connectivity index (χ0v) is 12.3. The van der Waals surface area contributed by atoms with Crippen molar-refractivity contribution >= 4 is 24.2 Å². The molecule has 0 unspecified atom stereocenters. The van der Waals surface area contributed by atoms with E-state index in [0.29, 0.717) is 5.92 Å². The van der Waals surface area contributed by atoms with Gasteiger partial charge in [0, 0.05) is 19.0 Å². The van der Waals surface area contributed by atoms with Crippen LogP contribution >= 0.6 is 12.4 Å². The zero-order chi connectivity index (χ0) is 13.2. The summed E-state index contributed by atoms with van der Waals surface area (Å²) in [5, 5.41) is 12.8. The molecule has 0 atom stereocenters. The second-order valence-corrected chi connectivity index (χ2v) is 5.05. The minimum atomic E-state index is 0. The van der Waals surface area contributed by atoms with Crippen LogP contribution in [0.25, 0.3) is 6.08 Å². The second-order valence-electron chi connectivity index (χ2n) is 5.05. The van der Waals surface area contributed by atoms with Crippen LogP contribution in [0.3, 0.4) is 0 Å². The van der Waals surface area contributed by atoms with Gasteiger partial charge in [0.2, 0.25) is 0 Å². The van der Waals surface area contributed by atoms with E-state index in [2.05, 4.69) is 16.1 Å². The summed E-state index contributed by atoms with van der Waals surface area (Å²) in [4.78, 5) is 2.30. The number of nitrogens with zero attached hydrogens (tertiary/aromatic N) is 2. The molecule has 3 aliphatic rings. The predicted molar refractivity (Wildman–Crippen MR) is 81.7 cm³/mol. The first-order chi connectivity index (χ1) is 9.31. The molecule has 3 fully saturated rings. The minimum absolute atomic E-state index is 0. The van der Waals surface area contributed by atoms with Gasteiger partial charge in [-0.1, -0.05) is 17.3 Å². The number of ether oxygens (including phenoxy) is 1. The first kappa shape index (κ1) is 14.7. The topological polar surface area (TPSA) is 45.1 Å². The molecule has 0 aromatic heterocycles. The Labute approximate surface area is 125 Å². The van der Waals surface area contributed by atoms with Gasteiger partial charge in [0.1, 0.15) is 11.5 Å². The van der Waals surface area contributed by atoms with E-state index in [-0.39, 0.29) is 12.4 Å². The summed E-state index contributed by atoms with van der Waals surface area (Å²) in [5.41, 5.74) is 3.01. The molecule has 0 saturated carbocycles. The van der Waals surface area contributed by atoms with Crippen molar-refractivity contribution in [3.8, 4) is 5.75 Å². The van der Waals surface area contributed by atoms with Crippen molar-refractivity contribution in [1.82, 2.24) is 4.90 Å². The lowest BCUT2D eigenvalue weighted by Crippen LogP contribution is -2.46. The van der Waals surface area contributed by atoms with Crippen LogP contribution in [0.5, 0.6) is 5.75 Å². The molecule has 20 heavy (non-hydrogen) atoms. The summed E-state index contributed by atoms with van der Waals surface area (Å²) >= 11 is 0. The Morgan fingerprint density at radius 1 is 1.25 bits per heavy atom. The molecule has 4 rings (SSSR count). The molecule has 3 saturated heterocycles. The maximum absolute atomic E-state index is 9.24. The lowest BCUT2D eigenvalue weighted by Gasteiger charge is -2.42. The third-order valence-electron chi connectivity index (χ3n) is 4.01. The van der Waals surface area contributed by atoms with Crippen LogP contribution in [0.15, 0.2) is 35.1 Å². The average molecular weight is 295 g/mol. The fourth-order valence-corrected chi connectivity index (χ4v) is 2.92. The normalized spacial score (nSPS) is 22.1. The van der Waals surface area contributed by atoms with Gasteiger partial charge < -0.3 is 14.8 Å². The molecule has 0 spiro atoms. The van der Waals surface area contributed by atoms with Gasteiger partial charge >= 0.3 is 0 Å². The van der Waals surface area contributed by atoms with Gasteiger partial charge in [-0.2, -0.15) is 0 Å². The van der Waals surface area contributed by atoms with Gasteiger partial charge in [0.15, 0.2) is 0 Å². The third kappa shape index (κ3) is 2.61. The molecule has 108 valence electrons. The number of hydrogen-bond donors (Lipinski definition) is 1. The maximum Gasteiger partial charge on any atom is 0.118 e. The first-order valence-corrected chi connectivity index (χ1v) is 6.65. The average Bonchev–Trinajstić information content (AvgIpc) is 2.49.